The third-order valence-electron chi connectivity index (χ3n) is 5.05. The first-order valence-electron chi connectivity index (χ1n) is 10.7. The van der Waals surface area contributed by atoms with Crippen LogP contribution in [0.1, 0.15) is 25.0 Å². The number of guanidine groups is 1. The number of nitrogens with one attached hydrogen (secondary N) is 2. The maximum absolute atomic E-state index is 5.95. The van der Waals surface area contributed by atoms with E-state index in [0.29, 0.717) is 25.1 Å². The highest BCUT2D eigenvalue weighted by Crippen LogP contribution is 2.17. The molecule has 7 heteroatoms. The lowest BCUT2D eigenvalue weighted by molar-refractivity contribution is 0.0211. The number of hydrogen-bond acceptors (Lipinski definition) is 5. The van der Waals surface area contributed by atoms with Crippen LogP contribution in [0.15, 0.2) is 53.7 Å². The first-order valence-corrected chi connectivity index (χ1v) is 10.7. The van der Waals surface area contributed by atoms with Gasteiger partial charge < -0.3 is 20.1 Å². The molecule has 0 bridgehead atoms. The summed E-state index contributed by atoms with van der Waals surface area (Å²) >= 11 is 0. The quantitative estimate of drug-likeness (QED) is 0.488. The van der Waals surface area contributed by atoms with E-state index in [2.05, 4.69) is 34.4 Å². The number of aromatic nitrogens is 1. The molecule has 1 aliphatic rings. The molecule has 7 nitrogen and oxygen atoms in total. The summed E-state index contributed by atoms with van der Waals surface area (Å²) in [5, 5.41) is 6.78. The first-order chi connectivity index (χ1) is 14.8. The van der Waals surface area contributed by atoms with Crippen molar-refractivity contribution in [1.82, 2.24) is 20.5 Å². The zero-order valence-corrected chi connectivity index (χ0v) is 18.0. The van der Waals surface area contributed by atoms with E-state index in [9.17, 15) is 0 Å². The molecule has 0 saturated carbocycles. The topological polar surface area (TPSA) is 71.0 Å². The second-order valence-electron chi connectivity index (χ2n) is 7.32. The minimum absolute atomic E-state index is 0.418. The lowest BCUT2D eigenvalue weighted by Crippen LogP contribution is -2.49. The van der Waals surface area contributed by atoms with Crippen LogP contribution in [0.3, 0.4) is 0 Å². The number of rotatable bonds is 9. The Balaban J connectivity index is 1.57. The lowest BCUT2D eigenvalue weighted by atomic mass is 10.2. The van der Waals surface area contributed by atoms with Gasteiger partial charge in [0, 0.05) is 44.0 Å². The van der Waals surface area contributed by atoms with Crippen LogP contribution >= 0.6 is 0 Å². The molecule has 0 spiro atoms. The van der Waals surface area contributed by atoms with Gasteiger partial charge in [-0.3, -0.25) is 4.90 Å². The second kappa shape index (κ2) is 12.1. The van der Waals surface area contributed by atoms with Gasteiger partial charge in [-0.2, -0.15) is 0 Å². The fraction of sp³-hybridized carbons (Fsp3) is 0.478. The monoisotopic (exact) mass is 411 g/mol. The fourth-order valence-corrected chi connectivity index (χ4v) is 3.30. The molecule has 1 aromatic carbocycles. The SMILES string of the molecule is CCNC(=NCc1cccnc1OCc1ccccc1)NCC(C)N1CCOCC1. The predicted octanol–water partition coefficient (Wildman–Crippen LogP) is 2.44. The van der Waals surface area contributed by atoms with Crippen LogP contribution in [0.25, 0.3) is 0 Å². The van der Waals surface area contributed by atoms with Gasteiger partial charge in [-0.1, -0.05) is 36.4 Å². The Morgan fingerprint density at radius 2 is 1.97 bits per heavy atom. The summed E-state index contributed by atoms with van der Waals surface area (Å²) in [5.41, 5.74) is 2.08. The molecule has 2 aromatic rings. The molecular formula is C23H33N5O2. The number of benzene rings is 1. The molecule has 1 atom stereocenters. The maximum atomic E-state index is 5.95. The summed E-state index contributed by atoms with van der Waals surface area (Å²) in [5.74, 6) is 1.43. The largest absolute Gasteiger partial charge is 0.473 e. The van der Waals surface area contributed by atoms with Crippen molar-refractivity contribution in [3.63, 3.8) is 0 Å². The highest BCUT2D eigenvalue weighted by molar-refractivity contribution is 5.79. The van der Waals surface area contributed by atoms with Crippen molar-refractivity contribution in [3.05, 3.63) is 59.8 Å². The van der Waals surface area contributed by atoms with Crippen molar-refractivity contribution in [2.75, 3.05) is 39.4 Å². The Labute approximate surface area is 179 Å². The number of hydrogen-bond donors (Lipinski definition) is 2. The number of pyridine rings is 1. The molecule has 1 saturated heterocycles. The molecule has 3 rings (SSSR count). The van der Waals surface area contributed by atoms with Crippen LogP contribution in [0, 0.1) is 0 Å². The van der Waals surface area contributed by atoms with Crippen LogP contribution in [0.4, 0.5) is 0 Å². The first kappa shape index (κ1) is 22.1. The molecule has 0 radical (unpaired) electrons. The van der Waals surface area contributed by atoms with Crippen LogP contribution in [0.2, 0.25) is 0 Å². The second-order valence-corrected chi connectivity index (χ2v) is 7.32. The Kier molecular flexibility index (Phi) is 8.93. The molecule has 1 fully saturated rings. The van der Waals surface area contributed by atoms with Crippen molar-refractivity contribution >= 4 is 5.96 Å². The van der Waals surface area contributed by atoms with Crippen LogP contribution < -0.4 is 15.4 Å². The average Bonchev–Trinajstić information content (AvgIpc) is 2.81. The Morgan fingerprint density at radius 1 is 1.17 bits per heavy atom. The number of aliphatic imine (C=N–C) groups is 1. The van der Waals surface area contributed by atoms with E-state index < -0.39 is 0 Å². The Bertz CT molecular complexity index is 778. The molecule has 2 heterocycles. The molecule has 0 aliphatic carbocycles. The van der Waals surface area contributed by atoms with E-state index in [4.69, 9.17) is 14.5 Å². The highest BCUT2D eigenvalue weighted by atomic mass is 16.5. The summed E-state index contributed by atoms with van der Waals surface area (Å²) in [6.45, 7) is 10.5. The minimum Gasteiger partial charge on any atom is -0.473 e. The van der Waals surface area contributed by atoms with Gasteiger partial charge in [0.25, 0.3) is 0 Å². The van der Waals surface area contributed by atoms with E-state index in [-0.39, 0.29) is 0 Å². The van der Waals surface area contributed by atoms with Crippen molar-refractivity contribution in [1.29, 1.82) is 0 Å². The normalized spacial score (nSPS) is 16.1. The Morgan fingerprint density at radius 3 is 2.73 bits per heavy atom. The molecule has 0 amide bonds. The molecule has 30 heavy (non-hydrogen) atoms. The van der Waals surface area contributed by atoms with E-state index in [0.717, 1.165) is 56.5 Å². The van der Waals surface area contributed by atoms with Gasteiger partial charge in [0.15, 0.2) is 5.96 Å². The summed E-state index contributed by atoms with van der Waals surface area (Å²) in [6, 6.07) is 14.5. The van der Waals surface area contributed by atoms with Crippen LogP contribution in [-0.4, -0.2) is 61.3 Å². The third-order valence-corrected chi connectivity index (χ3v) is 5.05. The molecule has 162 valence electrons. The van der Waals surface area contributed by atoms with Crippen molar-refractivity contribution < 1.29 is 9.47 Å². The van der Waals surface area contributed by atoms with Crippen molar-refractivity contribution in [2.45, 2.75) is 33.0 Å². The smallest absolute Gasteiger partial charge is 0.218 e. The summed E-state index contributed by atoms with van der Waals surface area (Å²) in [4.78, 5) is 11.6. The Hall–Kier alpha value is -2.64. The van der Waals surface area contributed by atoms with Gasteiger partial charge in [-0.05, 0) is 25.5 Å². The number of ether oxygens (including phenoxy) is 2. The average molecular weight is 412 g/mol. The third kappa shape index (κ3) is 7.00. The highest BCUT2D eigenvalue weighted by Gasteiger charge is 2.17. The molecule has 1 aliphatic heterocycles. The van der Waals surface area contributed by atoms with Gasteiger partial charge in [0.1, 0.15) is 6.61 Å². The predicted molar refractivity (Wildman–Crippen MR) is 120 cm³/mol. The minimum atomic E-state index is 0.418. The van der Waals surface area contributed by atoms with E-state index >= 15 is 0 Å². The zero-order chi connectivity index (χ0) is 21.0. The summed E-state index contributed by atoms with van der Waals surface area (Å²) in [6.07, 6.45) is 1.75. The molecule has 2 N–H and O–H groups in total. The lowest BCUT2D eigenvalue weighted by Gasteiger charge is -2.32. The van der Waals surface area contributed by atoms with Crippen molar-refractivity contribution in [2.24, 2.45) is 4.99 Å². The molecular weight excluding hydrogens is 378 g/mol. The van der Waals surface area contributed by atoms with Gasteiger partial charge in [-0.25, -0.2) is 9.98 Å². The van der Waals surface area contributed by atoms with Gasteiger partial charge >= 0.3 is 0 Å². The standard InChI is InChI=1S/C23H33N5O2/c1-3-24-23(26-16-19(2)28-12-14-29-15-13-28)27-17-21-10-7-11-25-22(21)30-18-20-8-5-4-6-9-20/h4-11,19H,3,12-18H2,1-2H3,(H2,24,26,27). The molecule has 1 aromatic heterocycles. The van der Waals surface area contributed by atoms with Crippen molar-refractivity contribution in [3.8, 4) is 5.88 Å². The fourth-order valence-electron chi connectivity index (χ4n) is 3.30. The van der Waals surface area contributed by atoms with E-state index in [1.165, 1.54) is 0 Å². The summed E-state index contributed by atoms with van der Waals surface area (Å²) in [7, 11) is 0. The maximum Gasteiger partial charge on any atom is 0.218 e. The number of morpholine rings is 1. The van der Waals surface area contributed by atoms with E-state index in [1.54, 1.807) is 6.20 Å². The van der Waals surface area contributed by atoms with Gasteiger partial charge in [0.05, 0.1) is 19.8 Å². The zero-order valence-electron chi connectivity index (χ0n) is 18.0. The van der Waals surface area contributed by atoms with E-state index in [1.807, 2.05) is 42.5 Å². The van der Waals surface area contributed by atoms with Gasteiger partial charge in [0.2, 0.25) is 5.88 Å². The number of nitrogens with zero attached hydrogens (tertiary/aromatic N) is 3. The van der Waals surface area contributed by atoms with Crippen LogP contribution in [-0.2, 0) is 17.9 Å². The molecule has 1 unspecified atom stereocenters. The summed E-state index contributed by atoms with van der Waals surface area (Å²) < 4.78 is 11.4. The van der Waals surface area contributed by atoms with Gasteiger partial charge in [-0.15, -0.1) is 0 Å². The van der Waals surface area contributed by atoms with Crippen LogP contribution in [0.5, 0.6) is 5.88 Å².